The Labute approximate surface area is 78.1 Å². The molecule has 2 nitrogen and oxygen atoms in total. The zero-order valence-electron chi connectivity index (χ0n) is 7.36. The van der Waals surface area contributed by atoms with Crippen LogP contribution in [0.1, 0.15) is 18.4 Å². The highest BCUT2D eigenvalue weighted by Gasteiger charge is 1.90. The minimum atomic E-state index is -0.502. The second-order valence-electron chi connectivity index (χ2n) is 2.77. The molecule has 1 N–H and O–H groups in total. The van der Waals surface area contributed by atoms with Crippen molar-refractivity contribution in [3.05, 3.63) is 42.0 Å². The molecule has 1 rings (SSSR count). The van der Waals surface area contributed by atoms with Gasteiger partial charge in [-0.25, -0.2) is 0 Å². The topological polar surface area (TPSA) is 40.9 Å². The lowest BCUT2D eigenvalue weighted by molar-refractivity contribution is -0.118. The molecule has 0 bridgehead atoms. The third-order valence-corrected chi connectivity index (χ3v) is 1.65. The molecule has 0 aliphatic heterocycles. The number of benzene rings is 1. The third kappa shape index (κ3) is 4.11. The Morgan fingerprint density at radius 3 is 2.62 bits per heavy atom. The maximum Gasteiger partial charge on any atom is 0.238 e. The van der Waals surface area contributed by atoms with Crippen molar-refractivity contribution in [3.63, 3.8) is 0 Å². The zero-order valence-corrected chi connectivity index (χ0v) is 7.36. The maximum atomic E-state index is 10.3. The number of amides is 1. The van der Waals surface area contributed by atoms with Crippen molar-refractivity contribution in [3.8, 4) is 0 Å². The Kier molecular flexibility index (Phi) is 3.76. The van der Waals surface area contributed by atoms with Crippen LogP contribution < -0.4 is 5.73 Å². The fraction of sp³-hybridized carbons (Fsp3) is 0.182. The highest BCUT2D eigenvalue weighted by atomic mass is 16.1. The largest absolute Gasteiger partial charge is 0.273 e. The molecule has 0 spiro atoms. The molecule has 0 saturated heterocycles. The summed E-state index contributed by atoms with van der Waals surface area (Å²) < 4.78 is 0. The first-order valence-electron chi connectivity index (χ1n) is 4.25. The smallest absolute Gasteiger partial charge is 0.238 e. The van der Waals surface area contributed by atoms with E-state index in [1.54, 1.807) is 0 Å². The van der Waals surface area contributed by atoms with Crippen molar-refractivity contribution in [1.82, 2.24) is 5.73 Å². The van der Waals surface area contributed by atoms with E-state index in [-0.39, 0.29) is 0 Å². The molecule has 1 amide bonds. The van der Waals surface area contributed by atoms with Crippen LogP contribution in [-0.2, 0) is 4.79 Å². The van der Waals surface area contributed by atoms with Gasteiger partial charge in [0, 0.05) is 6.42 Å². The van der Waals surface area contributed by atoms with E-state index in [4.69, 9.17) is 5.73 Å². The minimum Gasteiger partial charge on any atom is -0.273 e. The van der Waals surface area contributed by atoms with Gasteiger partial charge in [0.05, 0.1) is 0 Å². The number of nitrogens with one attached hydrogen (secondary N) is 1. The van der Waals surface area contributed by atoms with Gasteiger partial charge in [-0.2, -0.15) is 0 Å². The number of carbonyl (C=O) groups is 1. The van der Waals surface area contributed by atoms with Gasteiger partial charge in [0.2, 0.25) is 5.91 Å². The van der Waals surface area contributed by atoms with Gasteiger partial charge in [-0.15, -0.1) is 0 Å². The van der Waals surface area contributed by atoms with Crippen molar-refractivity contribution >= 4 is 12.0 Å². The Morgan fingerprint density at radius 2 is 2.00 bits per heavy atom. The molecule has 0 atom stereocenters. The van der Waals surface area contributed by atoms with Gasteiger partial charge >= 0.3 is 0 Å². The van der Waals surface area contributed by atoms with Gasteiger partial charge in [-0.3, -0.25) is 10.5 Å². The van der Waals surface area contributed by atoms with E-state index < -0.39 is 5.91 Å². The molecule has 0 unspecified atom stereocenters. The molecule has 0 aromatic heterocycles. The molecular formula is C11H12NO. The van der Waals surface area contributed by atoms with E-state index in [9.17, 15) is 4.79 Å². The van der Waals surface area contributed by atoms with E-state index in [0.29, 0.717) is 12.8 Å². The van der Waals surface area contributed by atoms with Crippen molar-refractivity contribution < 1.29 is 4.79 Å². The second-order valence-corrected chi connectivity index (χ2v) is 2.77. The van der Waals surface area contributed by atoms with Crippen molar-refractivity contribution in [2.24, 2.45) is 0 Å². The average Bonchev–Trinajstić information content (AvgIpc) is 2.14. The van der Waals surface area contributed by atoms with E-state index in [0.717, 1.165) is 5.56 Å². The molecule has 0 heterocycles. The first-order valence-corrected chi connectivity index (χ1v) is 4.25. The van der Waals surface area contributed by atoms with E-state index in [2.05, 4.69) is 0 Å². The average molecular weight is 174 g/mol. The lowest BCUT2D eigenvalue weighted by Crippen LogP contribution is -1.94. The summed E-state index contributed by atoms with van der Waals surface area (Å²) in [6, 6.07) is 9.90. The van der Waals surface area contributed by atoms with Crippen molar-refractivity contribution in [2.75, 3.05) is 0 Å². The highest BCUT2D eigenvalue weighted by molar-refractivity contribution is 5.73. The standard InChI is InChI=1S/C11H12NO/c12-11(13)9-5-4-8-10-6-2-1-3-7-10/h1-4,6-8,12H,5,9H2. The van der Waals surface area contributed by atoms with Crippen molar-refractivity contribution in [1.29, 1.82) is 0 Å². The van der Waals surface area contributed by atoms with Crippen LogP contribution in [0.2, 0.25) is 0 Å². The lowest BCUT2D eigenvalue weighted by atomic mass is 10.2. The summed E-state index contributed by atoms with van der Waals surface area (Å²) >= 11 is 0. The summed E-state index contributed by atoms with van der Waals surface area (Å²) in [6.45, 7) is 0. The summed E-state index contributed by atoms with van der Waals surface area (Å²) in [5.41, 5.74) is 7.81. The predicted molar refractivity (Wildman–Crippen MR) is 52.8 cm³/mol. The van der Waals surface area contributed by atoms with E-state index in [1.807, 2.05) is 42.5 Å². The number of allylic oxidation sites excluding steroid dienone is 1. The Morgan fingerprint density at radius 1 is 1.31 bits per heavy atom. The Balaban J connectivity index is 2.37. The van der Waals surface area contributed by atoms with Crippen LogP contribution in [-0.4, -0.2) is 5.91 Å². The molecule has 0 saturated carbocycles. The maximum absolute atomic E-state index is 10.3. The molecule has 0 aliphatic carbocycles. The molecule has 1 aromatic rings. The Bertz CT molecular complexity index is 290. The molecule has 0 aliphatic rings. The summed E-state index contributed by atoms with van der Waals surface area (Å²) in [7, 11) is 0. The van der Waals surface area contributed by atoms with Crippen LogP contribution in [0, 0.1) is 0 Å². The normalized spacial score (nSPS) is 10.5. The van der Waals surface area contributed by atoms with Crippen LogP contribution in [0.3, 0.4) is 0 Å². The fourth-order valence-electron chi connectivity index (χ4n) is 0.998. The fourth-order valence-corrected chi connectivity index (χ4v) is 0.998. The van der Waals surface area contributed by atoms with Gasteiger partial charge in [-0.1, -0.05) is 42.5 Å². The Hall–Kier alpha value is -1.57. The van der Waals surface area contributed by atoms with Crippen LogP contribution in [0.15, 0.2) is 36.4 Å². The van der Waals surface area contributed by atoms with Gasteiger partial charge in [0.25, 0.3) is 0 Å². The van der Waals surface area contributed by atoms with E-state index in [1.165, 1.54) is 0 Å². The third-order valence-electron chi connectivity index (χ3n) is 1.65. The summed E-state index contributed by atoms with van der Waals surface area (Å²) in [5.74, 6) is -0.502. The SMILES string of the molecule is [NH]C(=O)CCC=Cc1ccccc1. The molecular weight excluding hydrogens is 162 g/mol. The van der Waals surface area contributed by atoms with Gasteiger partial charge in [0.15, 0.2) is 0 Å². The van der Waals surface area contributed by atoms with Gasteiger partial charge < -0.3 is 0 Å². The molecule has 0 fully saturated rings. The quantitative estimate of drug-likeness (QED) is 0.690. The van der Waals surface area contributed by atoms with Crippen LogP contribution in [0.4, 0.5) is 0 Å². The van der Waals surface area contributed by atoms with Crippen LogP contribution >= 0.6 is 0 Å². The molecule has 1 aromatic carbocycles. The number of hydrogen-bond donors (Lipinski definition) is 0. The summed E-state index contributed by atoms with van der Waals surface area (Å²) in [5, 5.41) is 0. The van der Waals surface area contributed by atoms with Crippen molar-refractivity contribution in [2.45, 2.75) is 12.8 Å². The number of carbonyl (C=O) groups excluding carboxylic acids is 1. The summed E-state index contributed by atoms with van der Waals surface area (Å²) in [4.78, 5) is 10.3. The van der Waals surface area contributed by atoms with Crippen LogP contribution in [0.25, 0.3) is 6.08 Å². The molecule has 67 valence electrons. The lowest BCUT2D eigenvalue weighted by Gasteiger charge is -1.90. The monoisotopic (exact) mass is 174 g/mol. The molecule has 13 heavy (non-hydrogen) atoms. The van der Waals surface area contributed by atoms with Crippen LogP contribution in [0.5, 0.6) is 0 Å². The number of rotatable bonds is 4. The molecule has 1 radical (unpaired) electrons. The van der Waals surface area contributed by atoms with E-state index >= 15 is 0 Å². The molecule has 2 heteroatoms. The number of hydrogen-bond acceptors (Lipinski definition) is 1. The van der Waals surface area contributed by atoms with Gasteiger partial charge in [0.1, 0.15) is 0 Å². The van der Waals surface area contributed by atoms with Gasteiger partial charge in [-0.05, 0) is 12.0 Å². The minimum absolute atomic E-state index is 0.309. The first kappa shape index (κ1) is 9.52. The first-order chi connectivity index (χ1) is 6.29. The highest BCUT2D eigenvalue weighted by Crippen LogP contribution is 2.02. The second kappa shape index (κ2) is 5.14. The zero-order chi connectivity index (χ0) is 9.52. The summed E-state index contributed by atoms with van der Waals surface area (Å²) in [6.07, 6.45) is 4.84. The predicted octanol–water partition coefficient (Wildman–Crippen LogP) is 2.29.